The van der Waals surface area contributed by atoms with Crippen LogP contribution in [0.4, 0.5) is 13.2 Å². The van der Waals surface area contributed by atoms with Crippen molar-refractivity contribution in [2.75, 3.05) is 26.2 Å². The van der Waals surface area contributed by atoms with Gasteiger partial charge >= 0.3 is 6.18 Å². The van der Waals surface area contributed by atoms with E-state index in [0.717, 1.165) is 44.4 Å². The largest absolute Gasteiger partial charge is 0.508 e. The van der Waals surface area contributed by atoms with Crippen molar-refractivity contribution in [1.82, 2.24) is 10.2 Å². The Morgan fingerprint density at radius 1 is 1.26 bits per heavy atom. The highest BCUT2D eigenvalue weighted by Gasteiger charge is 2.32. The lowest BCUT2D eigenvalue weighted by molar-refractivity contribution is -0.137. The molecule has 0 saturated carbocycles. The Balaban J connectivity index is 2.27. The van der Waals surface area contributed by atoms with Crippen LogP contribution < -0.4 is 5.32 Å². The second-order valence-corrected chi connectivity index (χ2v) is 4.73. The molecule has 0 bridgehead atoms. The Morgan fingerprint density at radius 3 is 2.47 bits per heavy atom. The topological polar surface area (TPSA) is 35.5 Å². The zero-order valence-corrected chi connectivity index (χ0v) is 10.7. The molecular weight excluding hydrogens is 257 g/mol. The van der Waals surface area contributed by atoms with Gasteiger partial charge in [0, 0.05) is 37.8 Å². The fourth-order valence-electron chi connectivity index (χ4n) is 2.33. The van der Waals surface area contributed by atoms with E-state index in [0.29, 0.717) is 5.56 Å². The number of hydrogen-bond acceptors (Lipinski definition) is 3. The molecular formula is C13H17F3N2O. The summed E-state index contributed by atoms with van der Waals surface area (Å²) in [5.74, 6) is -0.0842. The zero-order valence-electron chi connectivity index (χ0n) is 10.7. The Hall–Kier alpha value is -1.27. The number of phenols is 1. The number of rotatable bonds is 2. The van der Waals surface area contributed by atoms with Gasteiger partial charge in [-0.1, -0.05) is 0 Å². The van der Waals surface area contributed by atoms with Crippen molar-refractivity contribution in [2.24, 2.45) is 0 Å². The Bertz CT molecular complexity index is 442. The van der Waals surface area contributed by atoms with Crippen molar-refractivity contribution in [3.63, 3.8) is 0 Å². The van der Waals surface area contributed by atoms with Gasteiger partial charge in [0.25, 0.3) is 0 Å². The number of halogens is 3. The van der Waals surface area contributed by atoms with E-state index in [-0.39, 0.29) is 11.8 Å². The lowest BCUT2D eigenvalue weighted by atomic mass is 10.0. The monoisotopic (exact) mass is 274 g/mol. The van der Waals surface area contributed by atoms with E-state index in [4.69, 9.17) is 0 Å². The van der Waals surface area contributed by atoms with Gasteiger partial charge in [-0.2, -0.15) is 13.2 Å². The van der Waals surface area contributed by atoms with E-state index < -0.39 is 11.7 Å². The first-order chi connectivity index (χ1) is 8.89. The van der Waals surface area contributed by atoms with Gasteiger partial charge in [0.05, 0.1) is 5.56 Å². The number of alkyl halides is 3. The number of hydrogen-bond donors (Lipinski definition) is 2. The van der Waals surface area contributed by atoms with Gasteiger partial charge in [0.2, 0.25) is 0 Å². The van der Waals surface area contributed by atoms with Crippen LogP contribution in [0.2, 0.25) is 0 Å². The molecule has 0 unspecified atom stereocenters. The van der Waals surface area contributed by atoms with E-state index in [1.54, 1.807) is 0 Å². The van der Waals surface area contributed by atoms with Crippen LogP contribution in [-0.4, -0.2) is 36.2 Å². The van der Waals surface area contributed by atoms with Gasteiger partial charge in [-0.15, -0.1) is 0 Å². The first kappa shape index (κ1) is 14.1. The molecule has 2 N–H and O–H groups in total. The molecule has 106 valence electrons. The minimum absolute atomic E-state index is 0.0842. The van der Waals surface area contributed by atoms with Gasteiger partial charge in [-0.25, -0.2) is 0 Å². The number of aromatic hydroxyl groups is 1. The Labute approximate surface area is 110 Å². The number of benzene rings is 1. The summed E-state index contributed by atoms with van der Waals surface area (Å²) in [7, 11) is 0. The highest BCUT2D eigenvalue weighted by Crippen LogP contribution is 2.35. The zero-order chi connectivity index (χ0) is 14.0. The second-order valence-electron chi connectivity index (χ2n) is 4.73. The molecule has 6 heteroatoms. The number of nitrogens with one attached hydrogen (secondary N) is 1. The smallest absolute Gasteiger partial charge is 0.416 e. The van der Waals surface area contributed by atoms with Crippen LogP contribution >= 0.6 is 0 Å². The van der Waals surface area contributed by atoms with Crippen LogP contribution in [0.1, 0.15) is 24.1 Å². The molecule has 2 rings (SSSR count). The molecule has 1 aliphatic rings. The van der Waals surface area contributed by atoms with Crippen molar-refractivity contribution in [3.8, 4) is 5.75 Å². The van der Waals surface area contributed by atoms with Crippen molar-refractivity contribution in [2.45, 2.75) is 19.1 Å². The summed E-state index contributed by atoms with van der Waals surface area (Å²) in [6.07, 6.45) is -4.38. The van der Waals surface area contributed by atoms with Crippen molar-refractivity contribution in [1.29, 1.82) is 0 Å². The van der Waals surface area contributed by atoms with E-state index in [1.807, 2.05) is 6.92 Å². The summed E-state index contributed by atoms with van der Waals surface area (Å²) in [5, 5.41) is 13.0. The third kappa shape index (κ3) is 3.19. The summed E-state index contributed by atoms with van der Waals surface area (Å²) >= 11 is 0. The average Bonchev–Trinajstić information content (AvgIpc) is 2.38. The van der Waals surface area contributed by atoms with Crippen molar-refractivity contribution in [3.05, 3.63) is 29.3 Å². The second kappa shape index (κ2) is 5.38. The van der Waals surface area contributed by atoms with E-state index in [1.165, 1.54) is 0 Å². The van der Waals surface area contributed by atoms with Crippen LogP contribution in [0.25, 0.3) is 0 Å². The molecule has 0 aromatic heterocycles. The van der Waals surface area contributed by atoms with E-state index >= 15 is 0 Å². The van der Waals surface area contributed by atoms with Gasteiger partial charge in [0.1, 0.15) is 5.75 Å². The lowest BCUT2D eigenvalue weighted by Gasteiger charge is -2.33. The van der Waals surface area contributed by atoms with Gasteiger partial charge in [-0.3, -0.25) is 4.90 Å². The number of piperazine rings is 1. The molecule has 0 spiro atoms. The molecule has 1 heterocycles. The third-order valence-corrected chi connectivity index (χ3v) is 3.50. The molecule has 1 fully saturated rings. The standard InChI is InChI=1S/C13H17F3N2O/c1-9(18-6-4-17-5-7-18)11-8-10(13(14,15)16)2-3-12(11)19/h2-3,8-9,17,19H,4-7H2,1H3/t9-/m1/s1. The maximum absolute atomic E-state index is 12.7. The maximum Gasteiger partial charge on any atom is 0.416 e. The van der Waals surface area contributed by atoms with Gasteiger partial charge in [0.15, 0.2) is 0 Å². The number of nitrogens with zero attached hydrogens (tertiary/aromatic N) is 1. The molecule has 1 aromatic carbocycles. The molecule has 19 heavy (non-hydrogen) atoms. The molecule has 1 aromatic rings. The number of phenolic OH excluding ortho intramolecular Hbond substituents is 1. The lowest BCUT2D eigenvalue weighted by Crippen LogP contribution is -2.44. The van der Waals surface area contributed by atoms with E-state index in [2.05, 4.69) is 10.2 Å². The highest BCUT2D eigenvalue weighted by atomic mass is 19.4. The minimum Gasteiger partial charge on any atom is -0.508 e. The maximum atomic E-state index is 12.7. The summed E-state index contributed by atoms with van der Waals surface area (Å²) in [4.78, 5) is 2.06. The molecule has 3 nitrogen and oxygen atoms in total. The predicted octanol–water partition coefficient (Wildman–Crippen LogP) is 2.38. The SMILES string of the molecule is C[C@H](c1cc(C(F)(F)F)ccc1O)N1CCNCC1. The van der Waals surface area contributed by atoms with Gasteiger partial charge in [-0.05, 0) is 25.1 Å². The minimum atomic E-state index is -4.38. The average molecular weight is 274 g/mol. The Kier molecular flexibility index (Phi) is 4.01. The molecule has 1 saturated heterocycles. The normalized spacial score (nSPS) is 19.4. The van der Waals surface area contributed by atoms with Crippen molar-refractivity contribution >= 4 is 0 Å². The van der Waals surface area contributed by atoms with Crippen LogP contribution in [0.3, 0.4) is 0 Å². The molecule has 0 radical (unpaired) electrons. The fourth-order valence-corrected chi connectivity index (χ4v) is 2.33. The molecule has 0 amide bonds. The van der Waals surface area contributed by atoms with Crippen molar-refractivity contribution < 1.29 is 18.3 Å². The van der Waals surface area contributed by atoms with Crippen LogP contribution in [0, 0.1) is 0 Å². The molecule has 0 aliphatic carbocycles. The fraction of sp³-hybridized carbons (Fsp3) is 0.538. The van der Waals surface area contributed by atoms with Crippen LogP contribution in [0.5, 0.6) is 5.75 Å². The summed E-state index contributed by atoms with van der Waals surface area (Å²) in [6, 6.07) is 2.84. The predicted molar refractivity (Wildman–Crippen MR) is 66.0 cm³/mol. The first-order valence-electron chi connectivity index (χ1n) is 6.24. The summed E-state index contributed by atoms with van der Waals surface area (Å²) in [5.41, 5.74) is -0.390. The quantitative estimate of drug-likeness (QED) is 0.869. The molecule has 1 atom stereocenters. The first-order valence-corrected chi connectivity index (χ1v) is 6.24. The Morgan fingerprint density at radius 2 is 1.89 bits per heavy atom. The molecule has 1 aliphatic heterocycles. The van der Waals surface area contributed by atoms with Gasteiger partial charge < -0.3 is 10.4 Å². The third-order valence-electron chi connectivity index (χ3n) is 3.50. The van der Waals surface area contributed by atoms with E-state index in [9.17, 15) is 18.3 Å². The van der Waals surface area contributed by atoms with Crippen LogP contribution in [-0.2, 0) is 6.18 Å². The summed E-state index contributed by atoms with van der Waals surface area (Å²) < 4.78 is 38.1. The highest BCUT2D eigenvalue weighted by molar-refractivity contribution is 5.39. The summed E-state index contributed by atoms with van der Waals surface area (Å²) in [6.45, 7) is 4.96. The van der Waals surface area contributed by atoms with Crippen LogP contribution in [0.15, 0.2) is 18.2 Å².